The van der Waals surface area contributed by atoms with Crippen LogP contribution >= 0.6 is 11.8 Å². The molecule has 0 saturated carbocycles. The van der Waals surface area contributed by atoms with Crippen molar-refractivity contribution in [2.75, 3.05) is 6.61 Å². The second-order valence-electron chi connectivity index (χ2n) is 3.55. The fourth-order valence-electron chi connectivity index (χ4n) is 1.29. The number of aliphatic hydroxyl groups excluding tert-OH is 1. The molecule has 0 fully saturated rings. The Balaban J connectivity index is 2.81. The maximum atomic E-state index is 8.97. The van der Waals surface area contributed by atoms with Gasteiger partial charge in [0.15, 0.2) is 0 Å². The average Bonchev–Trinajstić information content (AvgIpc) is 2.21. The summed E-state index contributed by atoms with van der Waals surface area (Å²) in [4.78, 5) is 1.00. The van der Waals surface area contributed by atoms with Gasteiger partial charge in [0.05, 0.1) is 5.56 Å². The van der Waals surface area contributed by atoms with Gasteiger partial charge in [0.25, 0.3) is 0 Å². The van der Waals surface area contributed by atoms with E-state index in [-0.39, 0.29) is 6.61 Å². The monoisotopic (exact) mass is 221 g/mol. The summed E-state index contributed by atoms with van der Waals surface area (Å²) in [5.41, 5.74) is 1.83. The van der Waals surface area contributed by atoms with Crippen molar-refractivity contribution in [1.29, 1.82) is 5.26 Å². The van der Waals surface area contributed by atoms with Gasteiger partial charge in [0.1, 0.15) is 6.07 Å². The summed E-state index contributed by atoms with van der Waals surface area (Å²) in [6.45, 7) is 4.23. The zero-order valence-electron chi connectivity index (χ0n) is 9.03. The number of aliphatic hydroxyl groups is 1. The third-order valence-corrected chi connectivity index (χ3v) is 3.37. The number of nitrogens with zero attached hydrogens (tertiary/aromatic N) is 1. The van der Waals surface area contributed by atoms with Crippen molar-refractivity contribution in [3.05, 3.63) is 29.3 Å². The van der Waals surface area contributed by atoms with Crippen LogP contribution in [0.1, 0.15) is 24.5 Å². The molecule has 0 aliphatic rings. The predicted molar refractivity (Wildman–Crippen MR) is 62.9 cm³/mol. The van der Waals surface area contributed by atoms with Crippen molar-refractivity contribution in [2.45, 2.75) is 30.4 Å². The summed E-state index contributed by atoms with van der Waals surface area (Å²) in [7, 11) is 0. The first kappa shape index (κ1) is 12.1. The lowest BCUT2D eigenvalue weighted by Crippen LogP contribution is -1.99. The van der Waals surface area contributed by atoms with Crippen LogP contribution in [0.2, 0.25) is 0 Å². The van der Waals surface area contributed by atoms with E-state index in [1.807, 2.05) is 25.1 Å². The van der Waals surface area contributed by atoms with Crippen molar-refractivity contribution >= 4 is 11.8 Å². The smallest absolute Gasteiger partial charge is 0.100 e. The van der Waals surface area contributed by atoms with Crippen molar-refractivity contribution in [3.63, 3.8) is 0 Å². The molecular formula is C12H15NOS. The highest BCUT2D eigenvalue weighted by atomic mass is 32.2. The fraction of sp³-hybridized carbons (Fsp3) is 0.417. The van der Waals surface area contributed by atoms with E-state index in [1.165, 1.54) is 0 Å². The van der Waals surface area contributed by atoms with Crippen molar-refractivity contribution in [3.8, 4) is 6.07 Å². The Kier molecular flexibility index (Phi) is 4.67. The fourth-order valence-corrected chi connectivity index (χ4v) is 2.33. The first-order chi connectivity index (χ1) is 7.17. The second kappa shape index (κ2) is 5.79. The SMILES string of the molecule is Cc1ccc(SC(C)CCO)c(C#N)c1. The van der Waals surface area contributed by atoms with E-state index in [0.29, 0.717) is 5.25 Å². The Hall–Kier alpha value is -0.980. The Morgan fingerprint density at radius 2 is 2.27 bits per heavy atom. The molecule has 1 aromatic carbocycles. The van der Waals surface area contributed by atoms with E-state index >= 15 is 0 Å². The number of rotatable bonds is 4. The topological polar surface area (TPSA) is 44.0 Å². The molecule has 3 heteroatoms. The molecule has 0 bridgehead atoms. The minimum absolute atomic E-state index is 0.196. The van der Waals surface area contributed by atoms with Crippen molar-refractivity contribution < 1.29 is 5.11 Å². The van der Waals surface area contributed by atoms with Gasteiger partial charge in [-0.1, -0.05) is 13.0 Å². The van der Waals surface area contributed by atoms with Crippen molar-refractivity contribution in [2.24, 2.45) is 0 Å². The molecule has 0 spiro atoms. The van der Waals surface area contributed by atoms with Crippen LogP contribution in [-0.2, 0) is 0 Å². The number of aryl methyl sites for hydroxylation is 1. The molecule has 1 rings (SSSR count). The molecule has 0 saturated heterocycles. The average molecular weight is 221 g/mol. The molecule has 15 heavy (non-hydrogen) atoms. The Morgan fingerprint density at radius 1 is 1.53 bits per heavy atom. The second-order valence-corrected chi connectivity index (χ2v) is 5.03. The highest BCUT2D eigenvalue weighted by Crippen LogP contribution is 2.28. The molecule has 0 radical (unpaired) electrons. The Morgan fingerprint density at radius 3 is 2.87 bits per heavy atom. The number of nitriles is 1. The lowest BCUT2D eigenvalue weighted by Gasteiger charge is -2.10. The largest absolute Gasteiger partial charge is 0.396 e. The minimum Gasteiger partial charge on any atom is -0.396 e. The molecule has 1 atom stereocenters. The summed E-state index contributed by atoms with van der Waals surface area (Å²) < 4.78 is 0. The summed E-state index contributed by atoms with van der Waals surface area (Å²) in [5, 5.41) is 18.1. The maximum absolute atomic E-state index is 8.97. The van der Waals surface area contributed by atoms with Crippen LogP contribution in [0.3, 0.4) is 0 Å². The standard InChI is InChI=1S/C12H15NOS/c1-9-3-4-12(11(7-9)8-13)15-10(2)5-6-14/h3-4,7,10,14H,5-6H2,1-2H3. The molecule has 0 aliphatic carbocycles. The molecule has 0 aliphatic heterocycles. The van der Waals surface area contributed by atoms with E-state index in [4.69, 9.17) is 10.4 Å². The third kappa shape index (κ3) is 3.58. The van der Waals surface area contributed by atoms with Gasteiger partial charge >= 0.3 is 0 Å². The molecule has 1 N–H and O–H groups in total. The number of thioether (sulfide) groups is 1. The number of hydrogen-bond donors (Lipinski definition) is 1. The molecule has 1 unspecified atom stereocenters. The quantitative estimate of drug-likeness (QED) is 0.795. The van der Waals surface area contributed by atoms with E-state index in [9.17, 15) is 0 Å². The predicted octanol–water partition coefficient (Wildman–Crippen LogP) is 2.73. The summed E-state index contributed by atoms with van der Waals surface area (Å²) in [6, 6.07) is 8.08. The van der Waals surface area contributed by atoms with Crippen LogP contribution in [0, 0.1) is 18.3 Å². The van der Waals surface area contributed by atoms with Gasteiger partial charge in [-0.2, -0.15) is 5.26 Å². The van der Waals surface area contributed by atoms with Crippen molar-refractivity contribution in [1.82, 2.24) is 0 Å². The highest BCUT2D eigenvalue weighted by Gasteiger charge is 2.08. The van der Waals surface area contributed by atoms with Crippen LogP contribution in [0.15, 0.2) is 23.1 Å². The van der Waals surface area contributed by atoms with Gasteiger partial charge in [0, 0.05) is 16.8 Å². The van der Waals surface area contributed by atoms with Gasteiger partial charge in [-0.05, 0) is 31.0 Å². The molecule has 0 aromatic heterocycles. The number of hydrogen-bond acceptors (Lipinski definition) is 3. The lowest BCUT2D eigenvalue weighted by atomic mass is 10.2. The maximum Gasteiger partial charge on any atom is 0.100 e. The third-order valence-electron chi connectivity index (χ3n) is 2.12. The number of benzene rings is 1. The lowest BCUT2D eigenvalue weighted by molar-refractivity contribution is 0.289. The molecule has 0 amide bonds. The van der Waals surface area contributed by atoms with Gasteiger partial charge in [-0.25, -0.2) is 0 Å². The molecular weight excluding hydrogens is 206 g/mol. The van der Waals surface area contributed by atoms with Gasteiger partial charge in [-0.3, -0.25) is 0 Å². The summed E-state index contributed by atoms with van der Waals surface area (Å²) >= 11 is 1.65. The van der Waals surface area contributed by atoms with E-state index in [1.54, 1.807) is 11.8 Å². The highest BCUT2D eigenvalue weighted by molar-refractivity contribution is 8.00. The van der Waals surface area contributed by atoms with Gasteiger partial charge < -0.3 is 5.11 Å². The molecule has 0 heterocycles. The summed E-state index contributed by atoms with van der Waals surface area (Å²) in [6.07, 6.45) is 0.753. The Labute approximate surface area is 94.9 Å². The molecule has 2 nitrogen and oxygen atoms in total. The van der Waals surface area contributed by atoms with Crippen LogP contribution in [0.25, 0.3) is 0 Å². The normalized spacial score (nSPS) is 12.1. The zero-order chi connectivity index (χ0) is 11.3. The van der Waals surface area contributed by atoms with E-state index in [0.717, 1.165) is 22.4 Å². The Bertz CT molecular complexity index is 370. The first-order valence-corrected chi connectivity index (χ1v) is 5.83. The first-order valence-electron chi connectivity index (χ1n) is 4.95. The van der Waals surface area contributed by atoms with Crippen LogP contribution in [0.5, 0.6) is 0 Å². The van der Waals surface area contributed by atoms with Crippen LogP contribution in [-0.4, -0.2) is 17.0 Å². The minimum atomic E-state index is 0.196. The van der Waals surface area contributed by atoms with E-state index < -0.39 is 0 Å². The summed E-state index contributed by atoms with van der Waals surface area (Å²) in [5.74, 6) is 0. The van der Waals surface area contributed by atoms with Gasteiger partial charge in [-0.15, -0.1) is 11.8 Å². The zero-order valence-corrected chi connectivity index (χ0v) is 9.84. The van der Waals surface area contributed by atoms with Crippen LogP contribution < -0.4 is 0 Å². The molecule has 1 aromatic rings. The van der Waals surface area contributed by atoms with Crippen LogP contribution in [0.4, 0.5) is 0 Å². The van der Waals surface area contributed by atoms with Gasteiger partial charge in [0.2, 0.25) is 0 Å². The molecule has 80 valence electrons. The van der Waals surface area contributed by atoms with E-state index in [2.05, 4.69) is 13.0 Å².